The number of rotatable bonds is 10. The first-order chi connectivity index (χ1) is 8.83. The summed E-state index contributed by atoms with van der Waals surface area (Å²) in [6.07, 6.45) is 7.53. The Morgan fingerprint density at radius 3 is 2.44 bits per heavy atom. The van der Waals surface area contributed by atoms with Crippen LogP contribution in [0.1, 0.15) is 52.4 Å². The van der Waals surface area contributed by atoms with Crippen LogP contribution in [0.15, 0.2) is 24.3 Å². The van der Waals surface area contributed by atoms with E-state index in [4.69, 9.17) is 9.47 Å². The molecule has 1 rings (SSSR count). The topological polar surface area (TPSA) is 18.5 Å². The van der Waals surface area contributed by atoms with Gasteiger partial charge in [-0.1, -0.05) is 51.2 Å². The summed E-state index contributed by atoms with van der Waals surface area (Å²) in [6, 6.07) is 10.4. The van der Waals surface area contributed by atoms with Crippen LogP contribution in [0.2, 0.25) is 0 Å². The third-order valence-electron chi connectivity index (χ3n) is 2.84. The first kappa shape index (κ1) is 15.0. The Hall–Kier alpha value is -1.02. The zero-order valence-electron chi connectivity index (χ0n) is 11.7. The standard InChI is InChI=1S/C16H25O2/c1-3-4-5-6-7-11-14-17-15(2)18-16-12-9-8-10-13-16/h9-10,12-13,15H,3-7,11,14H2,1-2H3. The van der Waals surface area contributed by atoms with Crippen molar-refractivity contribution in [2.75, 3.05) is 6.61 Å². The van der Waals surface area contributed by atoms with E-state index in [1.54, 1.807) is 0 Å². The Morgan fingerprint density at radius 1 is 1.06 bits per heavy atom. The fourth-order valence-corrected chi connectivity index (χ4v) is 1.81. The largest absolute Gasteiger partial charge is 0.465 e. The van der Waals surface area contributed by atoms with Gasteiger partial charge in [-0.25, -0.2) is 0 Å². The Balaban J connectivity index is 1.99. The third-order valence-corrected chi connectivity index (χ3v) is 2.84. The number of hydrogen-bond donors (Lipinski definition) is 0. The van der Waals surface area contributed by atoms with Crippen molar-refractivity contribution in [3.63, 3.8) is 0 Å². The summed E-state index contributed by atoms with van der Waals surface area (Å²) < 4.78 is 11.2. The molecule has 1 aromatic rings. The minimum Gasteiger partial charge on any atom is -0.465 e. The molecular weight excluding hydrogens is 224 g/mol. The molecule has 2 heteroatoms. The minimum absolute atomic E-state index is 0.178. The zero-order chi connectivity index (χ0) is 13.1. The van der Waals surface area contributed by atoms with Crippen LogP contribution < -0.4 is 4.74 Å². The van der Waals surface area contributed by atoms with Crippen LogP contribution in [0.4, 0.5) is 0 Å². The summed E-state index contributed by atoms with van der Waals surface area (Å²) in [7, 11) is 0. The van der Waals surface area contributed by atoms with E-state index in [0.717, 1.165) is 18.8 Å². The van der Waals surface area contributed by atoms with Gasteiger partial charge in [0.1, 0.15) is 5.75 Å². The lowest BCUT2D eigenvalue weighted by molar-refractivity contribution is -0.0677. The van der Waals surface area contributed by atoms with Gasteiger partial charge >= 0.3 is 0 Å². The Morgan fingerprint density at radius 2 is 1.72 bits per heavy atom. The van der Waals surface area contributed by atoms with Crippen LogP contribution >= 0.6 is 0 Å². The van der Waals surface area contributed by atoms with E-state index >= 15 is 0 Å². The van der Waals surface area contributed by atoms with Crippen molar-refractivity contribution < 1.29 is 9.47 Å². The molecule has 0 N–H and O–H groups in total. The first-order valence-electron chi connectivity index (χ1n) is 7.07. The summed E-state index contributed by atoms with van der Waals surface area (Å²) >= 11 is 0. The van der Waals surface area contributed by atoms with Crippen LogP contribution in [0.5, 0.6) is 5.75 Å². The van der Waals surface area contributed by atoms with Gasteiger partial charge in [0, 0.05) is 0 Å². The van der Waals surface area contributed by atoms with Gasteiger partial charge < -0.3 is 9.47 Å². The van der Waals surface area contributed by atoms with Crippen LogP contribution in [0.25, 0.3) is 0 Å². The van der Waals surface area contributed by atoms with Crippen molar-refractivity contribution in [1.82, 2.24) is 0 Å². The number of hydrogen-bond acceptors (Lipinski definition) is 2. The molecule has 0 aliphatic heterocycles. The van der Waals surface area contributed by atoms with Gasteiger partial charge in [-0.15, -0.1) is 0 Å². The first-order valence-corrected chi connectivity index (χ1v) is 7.07. The number of unbranched alkanes of at least 4 members (excludes halogenated alkanes) is 5. The second kappa shape index (κ2) is 9.95. The average Bonchev–Trinajstić information content (AvgIpc) is 2.39. The molecule has 1 atom stereocenters. The van der Waals surface area contributed by atoms with Crippen LogP contribution in [0, 0.1) is 6.07 Å². The van der Waals surface area contributed by atoms with Crippen molar-refractivity contribution in [3.05, 3.63) is 30.3 Å². The van der Waals surface area contributed by atoms with Crippen LogP contribution in [0.3, 0.4) is 0 Å². The van der Waals surface area contributed by atoms with E-state index in [1.165, 1.54) is 32.1 Å². The SMILES string of the molecule is CCCCCCCCOC(C)Oc1cc[c]cc1. The summed E-state index contributed by atoms with van der Waals surface area (Å²) in [6.45, 7) is 4.96. The van der Waals surface area contributed by atoms with Crippen molar-refractivity contribution in [2.45, 2.75) is 58.7 Å². The van der Waals surface area contributed by atoms with E-state index in [1.807, 2.05) is 31.2 Å². The molecule has 1 radical (unpaired) electrons. The molecule has 0 aliphatic rings. The highest BCUT2D eigenvalue weighted by atomic mass is 16.7. The maximum Gasteiger partial charge on any atom is 0.196 e. The normalized spacial score (nSPS) is 12.3. The quantitative estimate of drug-likeness (QED) is 0.446. The Kier molecular flexibility index (Phi) is 8.32. The molecule has 0 saturated carbocycles. The smallest absolute Gasteiger partial charge is 0.196 e. The molecule has 0 aromatic heterocycles. The predicted molar refractivity (Wildman–Crippen MR) is 74.7 cm³/mol. The predicted octanol–water partition coefficient (Wildman–Crippen LogP) is 4.59. The summed E-state index contributed by atoms with van der Waals surface area (Å²) in [5.74, 6) is 0.837. The molecule has 0 saturated heterocycles. The van der Waals surface area contributed by atoms with Gasteiger partial charge in [0.15, 0.2) is 6.29 Å². The number of benzene rings is 1. The minimum atomic E-state index is -0.178. The molecular formula is C16H25O2. The summed E-state index contributed by atoms with van der Waals surface area (Å²) in [5, 5.41) is 0. The molecule has 0 aliphatic carbocycles. The molecule has 1 unspecified atom stereocenters. The zero-order valence-corrected chi connectivity index (χ0v) is 11.7. The highest BCUT2D eigenvalue weighted by molar-refractivity contribution is 5.20. The summed E-state index contributed by atoms with van der Waals surface area (Å²) in [4.78, 5) is 0. The van der Waals surface area contributed by atoms with Gasteiger partial charge in [0.2, 0.25) is 0 Å². The maximum atomic E-state index is 5.62. The van der Waals surface area contributed by atoms with Gasteiger partial charge in [-0.2, -0.15) is 0 Å². The molecule has 1 aromatic carbocycles. The molecule has 0 fully saturated rings. The van der Waals surface area contributed by atoms with Crippen molar-refractivity contribution in [2.24, 2.45) is 0 Å². The summed E-state index contributed by atoms with van der Waals surface area (Å²) in [5.41, 5.74) is 0. The third kappa shape index (κ3) is 7.33. The van der Waals surface area contributed by atoms with Gasteiger partial charge in [-0.05, 0) is 31.5 Å². The Bertz CT molecular complexity index is 284. The van der Waals surface area contributed by atoms with Crippen LogP contribution in [-0.2, 0) is 4.74 Å². The Labute approximate surface area is 111 Å². The van der Waals surface area contributed by atoms with E-state index in [9.17, 15) is 0 Å². The molecule has 2 nitrogen and oxygen atoms in total. The second-order valence-electron chi connectivity index (χ2n) is 4.56. The second-order valence-corrected chi connectivity index (χ2v) is 4.56. The molecule has 0 spiro atoms. The van der Waals surface area contributed by atoms with Gasteiger partial charge in [-0.3, -0.25) is 0 Å². The van der Waals surface area contributed by atoms with Gasteiger partial charge in [0.25, 0.3) is 0 Å². The van der Waals surface area contributed by atoms with E-state index in [-0.39, 0.29) is 6.29 Å². The molecule has 0 bridgehead atoms. The van der Waals surface area contributed by atoms with E-state index in [2.05, 4.69) is 13.0 Å². The fraction of sp³-hybridized carbons (Fsp3) is 0.625. The number of ether oxygens (including phenoxy) is 2. The van der Waals surface area contributed by atoms with Gasteiger partial charge in [0.05, 0.1) is 6.61 Å². The molecule has 0 amide bonds. The average molecular weight is 249 g/mol. The fourth-order valence-electron chi connectivity index (χ4n) is 1.81. The lowest BCUT2D eigenvalue weighted by Crippen LogP contribution is -2.16. The van der Waals surface area contributed by atoms with Crippen LogP contribution in [-0.4, -0.2) is 12.9 Å². The molecule has 101 valence electrons. The van der Waals surface area contributed by atoms with E-state index in [0.29, 0.717) is 0 Å². The maximum absolute atomic E-state index is 5.62. The lowest BCUT2D eigenvalue weighted by Gasteiger charge is -2.15. The molecule has 18 heavy (non-hydrogen) atoms. The van der Waals surface area contributed by atoms with Crippen molar-refractivity contribution >= 4 is 0 Å². The molecule has 0 heterocycles. The van der Waals surface area contributed by atoms with E-state index < -0.39 is 0 Å². The van der Waals surface area contributed by atoms with Crippen molar-refractivity contribution in [3.8, 4) is 5.75 Å². The monoisotopic (exact) mass is 249 g/mol. The lowest BCUT2D eigenvalue weighted by atomic mass is 10.1. The van der Waals surface area contributed by atoms with Crippen molar-refractivity contribution in [1.29, 1.82) is 0 Å². The highest BCUT2D eigenvalue weighted by Crippen LogP contribution is 2.11. The highest BCUT2D eigenvalue weighted by Gasteiger charge is 2.02.